The smallest absolute Gasteiger partial charge is 0.164 e. The van der Waals surface area contributed by atoms with E-state index < -0.39 is 0 Å². The molecule has 100 valence electrons. The molecule has 4 nitrogen and oxygen atoms in total. The lowest BCUT2D eigenvalue weighted by Crippen LogP contribution is -2.33. The molecule has 2 rings (SSSR count). The number of hydrogen-bond acceptors (Lipinski definition) is 4. The standard InChI is InChI=1S/C13H18BrNO3/c1-8-12(11-7-15-4-5-18-11)9(14)6-10(16-2)13(8)17-3/h6,11,15H,4-5,7H2,1-3H3. The minimum Gasteiger partial charge on any atom is -0.493 e. The Morgan fingerprint density at radius 3 is 2.72 bits per heavy atom. The summed E-state index contributed by atoms with van der Waals surface area (Å²) in [6, 6.07) is 1.93. The molecule has 1 unspecified atom stereocenters. The molecule has 1 aliphatic rings. The van der Waals surface area contributed by atoms with Gasteiger partial charge in [-0.2, -0.15) is 0 Å². The highest BCUT2D eigenvalue weighted by Gasteiger charge is 2.24. The summed E-state index contributed by atoms with van der Waals surface area (Å²) in [5.74, 6) is 1.50. The first-order valence-electron chi connectivity index (χ1n) is 5.92. The maximum Gasteiger partial charge on any atom is 0.164 e. The molecule has 18 heavy (non-hydrogen) atoms. The number of methoxy groups -OCH3 is 2. The van der Waals surface area contributed by atoms with Gasteiger partial charge in [-0.25, -0.2) is 0 Å². The van der Waals surface area contributed by atoms with Crippen molar-refractivity contribution in [2.75, 3.05) is 33.9 Å². The van der Waals surface area contributed by atoms with Gasteiger partial charge in [0, 0.05) is 28.7 Å². The van der Waals surface area contributed by atoms with Gasteiger partial charge in [-0.15, -0.1) is 0 Å². The SMILES string of the molecule is COc1cc(Br)c(C2CNCCO2)c(C)c1OC. The fourth-order valence-electron chi connectivity index (χ4n) is 2.30. The number of benzene rings is 1. The molecule has 0 bridgehead atoms. The molecule has 0 aliphatic carbocycles. The largest absolute Gasteiger partial charge is 0.493 e. The summed E-state index contributed by atoms with van der Waals surface area (Å²) in [5.41, 5.74) is 2.18. The lowest BCUT2D eigenvalue weighted by molar-refractivity contribution is 0.0267. The zero-order chi connectivity index (χ0) is 13.1. The summed E-state index contributed by atoms with van der Waals surface area (Å²) in [7, 11) is 3.30. The van der Waals surface area contributed by atoms with Crippen LogP contribution in [-0.2, 0) is 4.74 Å². The van der Waals surface area contributed by atoms with Crippen LogP contribution in [0.25, 0.3) is 0 Å². The first-order chi connectivity index (χ1) is 8.69. The Hall–Kier alpha value is -0.780. The number of hydrogen-bond donors (Lipinski definition) is 1. The van der Waals surface area contributed by atoms with Crippen LogP contribution in [0.2, 0.25) is 0 Å². The molecule has 0 amide bonds. The Morgan fingerprint density at radius 2 is 2.17 bits per heavy atom. The predicted octanol–water partition coefficient (Wildman–Crippen LogP) is 2.44. The summed E-state index contributed by atoms with van der Waals surface area (Å²) >= 11 is 3.59. The van der Waals surface area contributed by atoms with E-state index in [1.165, 1.54) is 0 Å². The first kappa shape index (κ1) is 13.6. The van der Waals surface area contributed by atoms with Gasteiger partial charge in [0.15, 0.2) is 11.5 Å². The number of halogens is 1. The molecule has 1 fully saturated rings. The minimum atomic E-state index is 0.0490. The number of nitrogens with one attached hydrogen (secondary N) is 1. The summed E-state index contributed by atoms with van der Waals surface area (Å²) in [6.45, 7) is 4.47. The zero-order valence-electron chi connectivity index (χ0n) is 10.9. The lowest BCUT2D eigenvalue weighted by Gasteiger charge is -2.27. The van der Waals surface area contributed by atoms with Crippen molar-refractivity contribution in [2.24, 2.45) is 0 Å². The van der Waals surface area contributed by atoms with Crippen molar-refractivity contribution in [3.8, 4) is 11.5 Å². The summed E-state index contributed by atoms with van der Waals surface area (Å²) in [4.78, 5) is 0. The van der Waals surface area contributed by atoms with E-state index in [-0.39, 0.29) is 6.10 Å². The molecule has 1 N–H and O–H groups in total. The van der Waals surface area contributed by atoms with E-state index in [0.29, 0.717) is 0 Å². The van der Waals surface area contributed by atoms with Crippen LogP contribution in [0.1, 0.15) is 17.2 Å². The highest BCUT2D eigenvalue weighted by atomic mass is 79.9. The quantitative estimate of drug-likeness (QED) is 0.930. The third-order valence-electron chi connectivity index (χ3n) is 3.16. The number of ether oxygens (including phenoxy) is 3. The van der Waals surface area contributed by atoms with Gasteiger partial charge in [0.1, 0.15) is 0 Å². The third-order valence-corrected chi connectivity index (χ3v) is 3.81. The van der Waals surface area contributed by atoms with Gasteiger partial charge in [0.05, 0.1) is 26.9 Å². The molecule has 1 atom stereocenters. The maximum atomic E-state index is 5.81. The second kappa shape index (κ2) is 5.91. The maximum absolute atomic E-state index is 5.81. The van der Waals surface area contributed by atoms with E-state index in [1.807, 2.05) is 13.0 Å². The van der Waals surface area contributed by atoms with Gasteiger partial charge in [0.2, 0.25) is 0 Å². The molecule has 5 heteroatoms. The molecule has 1 aromatic rings. The van der Waals surface area contributed by atoms with E-state index in [4.69, 9.17) is 14.2 Å². The fourth-order valence-corrected chi connectivity index (χ4v) is 3.06. The summed E-state index contributed by atoms with van der Waals surface area (Å²) in [6.07, 6.45) is 0.0490. The molecule has 0 saturated carbocycles. The fraction of sp³-hybridized carbons (Fsp3) is 0.538. The molecule has 0 aromatic heterocycles. The molecule has 1 aliphatic heterocycles. The molecular weight excluding hydrogens is 298 g/mol. The van der Waals surface area contributed by atoms with E-state index in [2.05, 4.69) is 21.2 Å². The van der Waals surface area contributed by atoms with Crippen molar-refractivity contribution in [2.45, 2.75) is 13.0 Å². The van der Waals surface area contributed by atoms with Crippen LogP contribution in [0.3, 0.4) is 0 Å². The van der Waals surface area contributed by atoms with Crippen LogP contribution in [0.15, 0.2) is 10.5 Å². The highest BCUT2D eigenvalue weighted by molar-refractivity contribution is 9.10. The first-order valence-corrected chi connectivity index (χ1v) is 6.71. The van der Waals surface area contributed by atoms with Gasteiger partial charge in [-0.3, -0.25) is 0 Å². The van der Waals surface area contributed by atoms with Crippen molar-refractivity contribution in [1.29, 1.82) is 0 Å². The van der Waals surface area contributed by atoms with E-state index in [0.717, 1.165) is 46.8 Å². The van der Waals surface area contributed by atoms with Crippen molar-refractivity contribution >= 4 is 15.9 Å². The molecule has 1 saturated heterocycles. The van der Waals surface area contributed by atoms with Gasteiger partial charge < -0.3 is 19.5 Å². The Balaban J connectivity index is 2.46. The predicted molar refractivity (Wildman–Crippen MR) is 73.5 cm³/mol. The Bertz CT molecular complexity index is 431. The Kier molecular flexibility index (Phi) is 4.48. The van der Waals surface area contributed by atoms with Gasteiger partial charge in [-0.05, 0) is 13.0 Å². The molecule has 1 aromatic carbocycles. The van der Waals surface area contributed by atoms with E-state index in [1.54, 1.807) is 14.2 Å². The monoisotopic (exact) mass is 315 g/mol. The number of rotatable bonds is 3. The molecule has 0 spiro atoms. The van der Waals surface area contributed by atoms with Gasteiger partial charge >= 0.3 is 0 Å². The van der Waals surface area contributed by atoms with Gasteiger partial charge in [0.25, 0.3) is 0 Å². The topological polar surface area (TPSA) is 39.7 Å². The van der Waals surface area contributed by atoms with E-state index >= 15 is 0 Å². The van der Waals surface area contributed by atoms with Crippen LogP contribution in [-0.4, -0.2) is 33.9 Å². The Morgan fingerprint density at radius 1 is 1.39 bits per heavy atom. The second-order valence-corrected chi connectivity index (χ2v) is 5.05. The van der Waals surface area contributed by atoms with Crippen LogP contribution < -0.4 is 14.8 Å². The van der Waals surface area contributed by atoms with Crippen molar-refractivity contribution in [3.63, 3.8) is 0 Å². The number of morpholine rings is 1. The Labute approximate surface area is 116 Å². The van der Waals surface area contributed by atoms with Crippen molar-refractivity contribution in [3.05, 3.63) is 21.7 Å². The van der Waals surface area contributed by atoms with Crippen molar-refractivity contribution in [1.82, 2.24) is 5.32 Å². The highest BCUT2D eigenvalue weighted by Crippen LogP contribution is 2.41. The minimum absolute atomic E-state index is 0.0490. The van der Waals surface area contributed by atoms with Crippen molar-refractivity contribution < 1.29 is 14.2 Å². The van der Waals surface area contributed by atoms with Crippen LogP contribution in [0.4, 0.5) is 0 Å². The lowest BCUT2D eigenvalue weighted by atomic mass is 10.0. The van der Waals surface area contributed by atoms with Crippen LogP contribution in [0, 0.1) is 6.92 Å². The molecule has 1 heterocycles. The average molecular weight is 316 g/mol. The second-order valence-electron chi connectivity index (χ2n) is 4.20. The zero-order valence-corrected chi connectivity index (χ0v) is 12.5. The third kappa shape index (κ3) is 2.48. The molecular formula is C13H18BrNO3. The summed E-state index contributed by atoms with van der Waals surface area (Å²) in [5, 5.41) is 3.34. The van der Waals surface area contributed by atoms with Gasteiger partial charge in [-0.1, -0.05) is 15.9 Å². The summed E-state index contributed by atoms with van der Waals surface area (Å²) < 4.78 is 17.6. The van der Waals surface area contributed by atoms with Crippen LogP contribution in [0.5, 0.6) is 11.5 Å². The normalized spacial score (nSPS) is 19.7. The molecule has 0 radical (unpaired) electrons. The average Bonchev–Trinajstić information content (AvgIpc) is 2.39. The van der Waals surface area contributed by atoms with E-state index in [9.17, 15) is 0 Å². The van der Waals surface area contributed by atoms with Crippen LogP contribution >= 0.6 is 15.9 Å².